The van der Waals surface area contributed by atoms with Gasteiger partial charge in [0.25, 0.3) is 0 Å². The molecule has 1 aromatic rings. The van der Waals surface area contributed by atoms with Crippen molar-refractivity contribution in [2.24, 2.45) is 4.99 Å². The Morgan fingerprint density at radius 2 is 2.27 bits per heavy atom. The third-order valence-corrected chi connectivity index (χ3v) is 5.14. The van der Waals surface area contributed by atoms with E-state index in [1.165, 1.54) is 18.2 Å². The fourth-order valence-corrected chi connectivity index (χ4v) is 3.69. The van der Waals surface area contributed by atoms with Gasteiger partial charge in [-0.25, -0.2) is 4.39 Å². The summed E-state index contributed by atoms with van der Waals surface area (Å²) in [5.74, 6) is -0.251. The Morgan fingerprint density at radius 1 is 1.45 bits per heavy atom. The number of hydrogen-bond donors (Lipinski definition) is 1. The summed E-state index contributed by atoms with van der Waals surface area (Å²) in [5.41, 5.74) is 0.506. The Balaban J connectivity index is 1.67. The SMILES string of the molecule is CN(C)[C@@H]1CCN(C2=NC/C(=C/c3cc(F)ccc3O)S2)C1. The number of amidine groups is 1. The van der Waals surface area contributed by atoms with Crippen LogP contribution in [0.2, 0.25) is 0 Å². The maximum atomic E-state index is 13.3. The Bertz CT molecular complexity index is 630. The van der Waals surface area contributed by atoms with E-state index >= 15 is 0 Å². The highest BCUT2D eigenvalue weighted by molar-refractivity contribution is 8.17. The van der Waals surface area contributed by atoms with E-state index in [0.717, 1.165) is 29.6 Å². The minimum absolute atomic E-state index is 0.0943. The molecule has 1 aromatic carbocycles. The first kappa shape index (κ1) is 15.4. The molecule has 0 aromatic heterocycles. The van der Waals surface area contributed by atoms with Gasteiger partial charge in [-0.05, 0) is 44.8 Å². The molecule has 2 aliphatic rings. The van der Waals surface area contributed by atoms with E-state index in [9.17, 15) is 9.50 Å². The van der Waals surface area contributed by atoms with Crippen molar-refractivity contribution in [2.75, 3.05) is 33.7 Å². The van der Waals surface area contributed by atoms with E-state index in [2.05, 4.69) is 28.9 Å². The van der Waals surface area contributed by atoms with Crippen LogP contribution in [-0.4, -0.2) is 59.8 Å². The number of aliphatic imine (C=N–C) groups is 1. The van der Waals surface area contributed by atoms with Gasteiger partial charge in [-0.15, -0.1) is 0 Å². The summed E-state index contributed by atoms with van der Waals surface area (Å²) in [6.07, 6.45) is 2.97. The van der Waals surface area contributed by atoms with Gasteiger partial charge in [0.2, 0.25) is 0 Å². The lowest BCUT2D eigenvalue weighted by atomic mass is 10.2. The molecule has 0 saturated carbocycles. The van der Waals surface area contributed by atoms with Crippen LogP contribution in [0, 0.1) is 5.82 Å². The molecule has 0 unspecified atom stereocenters. The molecule has 0 aliphatic carbocycles. The van der Waals surface area contributed by atoms with Crippen molar-refractivity contribution < 1.29 is 9.50 Å². The van der Waals surface area contributed by atoms with Gasteiger partial charge in [0.15, 0.2) is 5.17 Å². The van der Waals surface area contributed by atoms with Crippen LogP contribution >= 0.6 is 11.8 Å². The summed E-state index contributed by atoms with van der Waals surface area (Å²) < 4.78 is 13.3. The Hall–Kier alpha value is -1.53. The molecule has 4 nitrogen and oxygen atoms in total. The number of nitrogens with zero attached hydrogens (tertiary/aromatic N) is 3. The molecule has 1 atom stereocenters. The van der Waals surface area contributed by atoms with Crippen molar-refractivity contribution in [2.45, 2.75) is 12.5 Å². The lowest BCUT2D eigenvalue weighted by Crippen LogP contribution is -2.33. The molecule has 2 aliphatic heterocycles. The molecule has 6 heteroatoms. The van der Waals surface area contributed by atoms with Crippen molar-refractivity contribution in [3.05, 3.63) is 34.5 Å². The number of thioether (sulfide) groups is 1. The predicted molar refractivity (Wildman–Crippen MR) is 89.6 cm³/mol. The summed E-state index contributed by atoms with van der Waals surface area (Å²) in [6.45, 7) is 2.61. The predicted octanol–water partition coefficient (Wildman–Crippen LogP) is 2.61. The van der Waals surface area contributed by atoms with E-state index in [-0.39, 0.29) is 11.6 Å². The monoisotopic (exact) mass is 321 g/mol. The maximum absolute atomic E-state index is 13.3. The van der Waals surface area contributed by atoms with Gasteiger partial charge in [0.1, 0.15) is 11.6 Å². The lowest BCUT2D eigenvalue weighted by molar-refractivity contribution is 0.302. The quantitative estimate of drug-likeness (QED) is 0.909. The molecule has 0 radical (unpaired) electrons. The van der Waals surface area contributed by atoms with Crippen LogP contribution in [0.15, 0.2) is 28.1 Å². The Morgan fingerprint density at radius 3 is 3.00 bits per heavy atom. The molecule has 1 N–H and O–H groups in total. The Kier molecular flexibility index (Phi) is 4.40. The van der Waals surface area contributed by atoms with E-state index in [0.29, 0.717) is 18.2 Å². The Labute approximate surface area is 134 Å². The van der Waals surface area contributed by atoms with Crippen LogP contribution in [0.25, 0.3) is 6.08 Å². The molecule has 0 bridgehead atoms. The minimum Gasteiger partial charge on any atom is -0.507 e. The molecule has 1 saturated heterocycles. The number of likely N-dealkylation sites (N-methyl/N-ethyl adjacent to an activating group) is 1. The summed E-state index contributed by atoms with van der Waals surface area (Å²) >= 11 is 1.62. The summed E-state index contributed by atoms with van der Waals surface area (Å²) in [5, 5.41) is 10.8. The molecule has 118 valence electrons. The third kappa shape index (κ3) is 3.28. The number of benzene rings is 1. The molecule has 3 rings (SSSR count). The van der Waals surface area contributed by atoms with Gasteiger partial charge in [-0.3, -0.25) is 4.99 Å². The van der Waals surface area contributed by atoms with Crippen LogP contribution in [0.4, 0.5) is 4.39 Å². The van der Waals surface area contributed by atoms with Crippen LogP contribution in [-0.2, 0) is 0 Å². The van der Waals surface area contributed by atoms with Crippen molar-refractivity contribution in [1.82, 2.24) is 9.80 Å². The van der Waals surface area contributed by atoms with Crippen molar-refractivity contribution in [1.29, 1.82) is 0 Å². The number of phenols is 1. The normalized spacial score (nSPS) is 23.6. The largest absolute Gasteiger partial charge is 0.507 e. The second kappa shape index (κ2) is 6.30. The molecular weight excluding hydrogens is 301 g/mol. The van der Waals surface area contributed by atoms with Gasteiger partial charge in [0.05, 0.1) is 6.54 Å². The summed E-state index contributed by atoms with van der Waals surface area (Å²) in [4.78, 5) is 10.2. The molecule has 0 spiro atoms. The second-order valence-corrected chi connectivity index (χ2v) is 6.96. The molecular formula is C16H20FN3OS. The third-order valence-electron chi connectivity index (χ3n) is 4.06. The average molecular weight is 321 g/mol. The highest BCUT2D eigenvalue weighted by atomic mass is 32.2. The van der Waals surface area contributed by atoms with E-state index < -0.39 is 0 Å². The molecule has 22 heavy (non-hydrogen) atoms. The topological polar surface area (TPSA) is 39.1 Å². The molecule has 2 heterocycles. The summed E-state index contributed by atoms with van der Waals surface area (Å²) in [7, 11) is 4.21. The lowest BCUT2D eigenvalue weighted by Gasteiger charge is -2.20. The fraction of sp³-hybridized carbons (Fsp3) is 0.438. The van der Waals surface area contributed by atoms with Crippen molar-refractivity contribution in [3.8, 4) is 5.75 Å². The van der Waals surface area contributed by atoms with E-state index in [4.69, 9.17) is 0 Å². The van der Waals surface area contributed by atoms with Crippen molar-refractivity contribution >= 4 is 23.0 Å². The number of phenolic OH excluding ortho intramolecular Hbond substituents is 1. The van der Waals surface area contributed by atoms with Gasteiger partial charge in [-0.2, -0.15) is 0 Å². The first-order chi connectivity index (χ1) is 10.5. The van der Waals surface area contributed by atoms with Crippen molar-refractivity contribution in [3.63, 3.8) is 0 Å². The number of rotatable bonds is 2. The number of hydrogen-bond acceptors (Lipinski definition) is 5. The molecule has 1 fully saturated rings. The van der Waals surface area contributed by atoms with Crippen LogP contribution in [0.5, 0.6) is 5.75 Å². The number of aromatic hydroxyl groups is 1. The fourth-order valence-electron chi connectivity index (χ4n) is 2.72. The maximum Gasteiger partial charge on any atom is 0.164 e. The molecule has 0 amide bonds. The number of likely N-dealkylation sites (tertiary alicyclic amines) is 1. The zero-order chi connectivity index (χ0) is 15.7. The van der Waals surface area contributed by atoms with Gasteiger partial charge < -0.3 is 14.9 Å². The van der Waals surface area contributed by atoms with Gasteiger partial charge in [0, 0.05) is 29.6 Å². The van der Waals surface area contributed by atoms with Gasteiger partial charge >= 0.3 is 0 Å². The standard InChI is InChI=1S/C16H20FN3OS/c1-19(2)13-5-6-20(10-13)16-18-9-14(22-16)8-11-7-12(17)3-4-15(11)21/h3-4,7-8,13,21H,5-6,9-10H2,1-2H3/b14-8-/t13-/m1/s1. The van der Waals surface area contributed by atoms with Gasteiger partial charge in [-0.1, -0.05) is 11.8 Å². The highest BCUT2D eigenvalue weighted by Crippen LogP contribution is 2.32. The smallest absolute Gasteiger partial charge is 0.164 e. The van der Waals surface area contributed by atoms with E-state index in [1.807, 2.05) is 6.08 Å². The van der Waals surface area contributed by atoms with Crippen LogP contribution in [0.1, 0.15) is 12.0 Å². The first-order valence-electron chi connectivity index (χ1n) is 7.35. The second-order valence-electron chi connectivity index (χ2n) is 5.87. The highest BCUT2D eigenvalue weighted by Gasteiger charge is 2.28. The zero-order valence-electron chi connectivity index (χ0n) is 12.8. The summed E-state index contributed by atoms with van der Waals surface area (Å²) in [6, 6.07) is 4.56. The number of halogens is 1. The van der Waals surface area contributed by atoms with Crippen LogP contribution < -0.4 is 0 Å². The minimum atomic E-state index is -0.345. The van der Waals surface area contributed by atoms with Crippen LogP contribution in [0.3, 0.4) is 0 Å². The average Bonchev–Trinajstić information content (AvgIpc) is 3.11. The zero-order valence-corrected chi connectivity index (χ0v) is 13.6. The van der Waals surface area contributed by atoms with E-state index in [1.54, 1.807) is 11.8 Å². The first-order valence-corrected chi connectivity index (χ1v) is 8.17.